The molecule has 0 unspecified atom stereocenters. The Balaban J connectivity index is 1.14. The second kappa shape index (κ2) is 14.6. The van der Waals surface area contributed by atoms with Gasteiger partial charge in [-0.3, -0.25) is 4.98 Å². The highest BCUT2D eigenvalue weighted by atomic mass is 15.0. The highest BCUT2D eigenvalue weighted by Crippen LogP contribution is 2.53. The van der Waals surface area contributed by atoms with Crippen molar-refractivity contribution in [2.45, 2.75) is 19.3 Å². The molecule has 1 aliphatic carbocycles. The van der Waals surface area contributed by atoms with Crippen LogP contribution >= 0.6 is 0 Å². The minimum Gasteiger partial charge on any atom is -0.256 e. The van der Waals surface area contributed by atoms with Gasteiger partial charge in [-0.15, -0.1) is 0 Å². The van der Waals surface area contributed by atoms with E-state index in [0.717, 1.165) is 72.5 Å². The van der Waals surface area contributed by atoms with E-state index >= 15 is 0 Å². The lowest BCUT2D eigenvalue weighted by Gasteiger charge is -2.22. The predicted octanol–water partition coefficient (Wildman–Crippen LogP) is 13.8. The molecule has 278 valence electrons. The van der Waals surface area contributed by atoms with Gasteiger partial charge in [0.15, 0.2) is 23.2 Å². The van der Waals surface area contributed by atoms with Crippen molar-refractivity contribution in [2.75, 3.05) is 0 Å². The largest absolute Gasteiger partial charge is 0.256 e. The molecule has 0 aliphatic heterocycles. The fourth-order valence-electron chi connectivity index (χ4n) is 8.27. The highest BCUT2D eigenvalue weighted by molar-refractivity contribution is 5.92. The van der Waals surface area contributed by atoms with Crippen molar-refractivity contribution in [1.29, 1.82) is 0 Å². The number of fused-ring (bicyclic) bond motifs is 3. The van der Waals surface area contributed by atoms with Crippen LogP contribution in [0.25, 0.3) is 94.8 Å². The molecule has 9 aromatic rings. The molecule has 0 atom stereocenters. The van der Waals surface area contributed by atoms with Gasteiger partial charge in [-0.25, -0.2) is 19.8 Å². The Labute approximate surface area is 344 Å². The van der Waals surface area contributed by atoms with Crippen molar-refractivity contribution in [3.05, 3.63) is 211 Å². The molecule has 5 nitrogen and oxygen atoms in total. The zero-order chi connectivity index (χ0) is 39.9. The number of pyridine rings is 1. The summed E-state index contributed by atoms with van der Waals surface area (Å²) in [5.74, 6) is 1.78. The molecule has 1 aliphatic rings. The number of nitrogens with zero attached hydrogens (tertiary/aromatic N) is 5. The molecule has 0 saturated carbocycles. The predicted molar refractivity (Wildman–Crippen MR) is 239 cm³/mol. The van der Waals surface area contributed by atoms with Crippen molar-refractivity contribution in [2.24, 2.45) is 0 Å². The van der Waals surface area contributed by atoms with Crippen molar-refractivity contribution in [3.8, 4) is 89.9 Å². The smallest absolute Gasteiger partial charge is 0.195 e. The van der Waals surface area contributed by atoms with Crippen LogP contribution < -0.4 is 0 Å². The van der Waals surface area contributed by atoms with Crippen LogP contribution in [0.5, 0.6) is 0 Å². The van der Waals surface area contributed by atoms with Crippen LogP contribution in [0.4, 0.5) is 5.69 Å². The van der Waals surface area contributed by atoms with Crippen LogP contribution in [0.2, 0.25) is 0 Å². The van der Waals surface area contributed by atoms with Gasteiger partial charge in [0.1, 0.15) is 0 Å². The quantitative estimate of drug-likeness (QED) is 0.152. The molecular formula is C54H37N5. The minimum absolute atomic E-state index is 0.275. The van der Waals surface area contributed by atoms with Crippen LogP contribution in [0.3, 0.4) is 0 Å². The second-order valence-electron chi connectivity index (χ2n) is 15.4. The first-order chi connectivity index (χ1) is 28.9. The maximum absolute atomic E-state index is 7.92. The van der Waals surface area contributed by atoms with E-state index in [4.69, 9.17) is 26.5 Å². The van der Waals surface area contributed by atoms with Crippen molar-refractivity contribution < 1.29 is 0 Å². The Bertz CT molecular complexity index is 3040. The van der Waals surface area contributed by atoms with E-state index in [2.05, 4.69) is 134 Å². The third-order valence-electron chi connectivity index (χ3n) is 11.4. The summed E-state index contributed by atoms with van der Waals surface area (Å²) in [6.07, 6.45) is 1.95. The summed E-state index contributed by atoms with van der Waals surface area (Å²) in [4.78, 5) is 24.2. The Kier molecular flexibility index (Phi) is 8.81. The first-order valence-electron chi connectivity index (χ1n) is 19.7. The summed E-state index contributed by atoms with van der Waals surface area (Å²) in [6.45, 7) is 12.4. The first-order valence-corrected chi connectivity index (χ1v) is 19.7. The Morgan fingerprint density at radius 2 is 0.915 bits per heavy atom. The van der Waals surface area contributed by atoms with E-state index < -0.39 is 0 Å². The van der Waals surface area contributed by atoms with E-state index in [-0.39, 0.29) is 5.41 Å². The lowest BCUT2D eigenvalue weighted by Crippen LogP contribution is -2.14. The highest BCUT2D eigenvalue weighted by Gasteiger charge is 2.36. The third-order valence-corrected chi connectivity index (χ3v) is 11.4. The summed E-state index contributed by atoms with van der Waals surface area (Å²) in [7, 11) is 0. The normalized spacial score (nSPS) is 12.4. The second-order valence-corrected chi connectivity index (χ2v) is 15.4. The lowest BCUT2D eigenvalue weighted by molar-refractivity contribution is 0.661. The summed E-state index contributed by atoms with van der Waals surface area (Å²) >= 11 is 0. The molecule has 2 aromatic heterocycles. The molecule has 0 saturated heterocycles. The molecular weight excluding hydrogens is 719 g/mol. The molecule has 10 rings (SSSR count). The van der Waals surface area contributed by atoms with Gasteiger partial charge in [0.25, 0.3) is 0 Å². The summed E-state index contributed by atoms with van der Waals surface area (Å²) in [5, 5.41) is 0. The van der Waals surface area contributed by atoms with E-state index in [9.17, 15) is 0 Å². The summed E-state index contributed by atoms with van der Waals surface area (Å²) < 4.78 is 0. The number of hydrogen-bond acceptors (Lipinski definition) is 4. The lowest BCUT2D eigenvalue weighted by atomic mass is 9.81. The standard InChI is InChI=1S/C54H37N5/c1-54(2)46-20-13-21-49(55-3)50(46)45-28-26-40(33-47(45)54)42-30-43(41-27-29-48(56-34-41)37-16-9-5-10-17-37)32-44(31-42)53-58-51(38-18-11-6-12-19-38)57-52(59-53)39-24-22-36(23-25-39)35-14-7-4-8-15-35/h4-34H,1-2H3. The van der Waals surface area contributed by atoms with Gasteiger partial charge >= 0.3 is 0 Å². The molecule has 5 heteroatoms. The van der Waals surface area contributed by atoms with Crippen LogP contribution in [-0.2, 0) is 5.41 Å². The minimum atomic E-state index is -0.275. The van der Waals surface area contributed by atoms with Gasteiger partial charge in [-0.05, 0) is 80.4 Å². The number of aromatic nitrogens is 4. The van der Waals surface area contributed by atoms with Crippen molar-refractivity contribution in [1.82, 2.24) is 19.9 Å². The Hall–Kier alpha value is -7.81. The van der Waals surface area contributed by atoms with E-state index in [1.807, 2.05) is 72.9 Å². The SMILES string of the molecule is [C-]#[N+]c1cccc2c1-c1ccc(-c3cc(-c4ccc(-c5ccccc5)nc4)cc(-c4nc(-c5ccccc5)nc(-c5ccc(-c6ccccc6)cc5)n4)c3)cc1C2(C)C. The van der Waals surface area contributed by atoms with E-state index in [1.165, 1.54) is 11.1 Å². The van der Waals surface area contributed by atoms with E-state index in [0.29, 0.717) is 23.2 Å². The monoisotopic (exact) mass is 755 g/mol. The van der Waals surface area contributed by atoms with Gasteiger partial charge in [0.05, 0.1) is 12.3 Å². The van der Waals surface area contributed by atoms with Crippen LogP contribution in [0.15, 0.2) is 188 Å². The van der Waals surface area contributed by atoms with Gasteiger partial charge in [-0.1, -0.05) is 166 Å². The molecule has 0 fully saturated rings. The summed E-state index contributed by atoms with van der Waals surface area (Å²) in [6, 6.07) is 62.6. The zero-order valence-corrected chi connectivity index (χ0v) is 32.6. The number of benzene rings is 7. The zero-order valence-electron chi connectivity index (χ0n) is 32.6. The van der Waals surface area contributed by atoms with Crippen molar-refractivity contribution in [3.63, 3.8) is 0 Å². The molecule has 0 N–H and O–H groups in total. The Morgan fingerprint density at radius 1 is 0.407 bits per heavy atom. The van der Waals surface area contributed by atoms with Gasteiger partial charge in [0.2, 0.25) is 0 Å². The number of rotatable bonds is 7. The third kappa shape index (κ3) is 6.57. The fourth-order valence-corrected chi connectivity index (χ4v) is 8.27. The average Bonchev–Trinajstić information content (AvgIpc) is 3.55. The molecule has 0 bridgehead atoms. The molecule has 2 heterocycles. The van der Waals surface area contributed by atoms with Crippen LogP contribution in [-0.4, -0.2) is 19.9 Å². The fraction of sp³-hybridized carbons (Fsp3) is 0.0556. The van der Waals surface area contributed by atoms with Crippen LogP contribution in [0.1, 0.15) is 25.0 Å². The maximum Gasteiger partial charge on any atom is 0.195 e. The van der Waals surface area contributed by atoms with Gasteiger partial charge < -0.3 is 0 Å². The first kappa shape index (κ1) is 35.6. The topological polar surface area (TPSA) is 55.9 Å². The van der Waals surface area contributed by atoms with Crippen LogP contribution in [0, 0.1) is 6.57 Å². The number of hydrogen-bond donors (Lipinski definition) is 0. The average molecular weight is 756 g/mol. The van der Waals surface area contributed by atoms with Gasteiger partial charge in [0, 0.05) is 39.4 Å². The molecule has 0 amide bonds. The molecule has 0 spiro atoms. The Morgan fingerprint density at radius 3 is 1.54 bits per heavy atom. The van der Waals surface area contributed by atoms with E-state index in [1.54, 1.807) is 0 Å². The molecule has 59 heavy (non-hydrogen) atoms. The molecule has 7 aromatic carbocycles. The van der Waals surface area contributed by atoms with Crippen molar-refractivity contribution >= 4 is 5.69 Å². The van der Waals surface area contributed by atoms with Gasteiger partial charge in [-0.2, -0.15) is 0 Å². The maximum atomic E-state index is 7.92. The molecule has 0 radical (unpaired) electrons. The summed E-state index contributed by atoms with van der Waals surface area (Å²) in [5.41, 5.74) is 16.0.